The molecule has 2 aromatic carbocycles. The predicted molar refractivity (Wildman–Crippen MR) is 116 cm³/mol. The van der Waals surface area contributed by atoms with Crippen LogP contribution in [-0.2, 0) is 4.79 Å². The zero-order chi connectivity index (χ0) is 19.8. The maximum Gasteiger partial charge on any atom is 0.270 e. The number of nitrogens with zero attached hydrogens (tertiary/aromatic N) is 1. The van der Waals surface area contributed by atoms with Gasteiger partial charge in [-0.1, -0.05) is 47.7 Å². The SMILES string of the molecule is Cc1cccc(N2C(=O)/C(=C\c3ccc(-c4ccc(F)c(Cl)c4)o3)SC2=S)c1. The van der Waals surface area contributed by atoms with E-state index in [-0.39, 0.29) is 10.9 Å². The second kappa shape index (κ2) is 7.54. The topological polar surface area (TPSA) is 33.5 Å². The summed E-state index contributed by atoms with van der Waals surface area (Å²) < 4.78 is 19.6. The lowest BCUT2D eigenvalue weighted by atomic mass is 10.2. The van der Waals surface area contributed by atoms with Gasteiger partial charge in [-0.15, -0.1) is 0 Å². The Hall–Kier alpha value is -2.41. The highest BCUT2D eigenvalue weighted by atomic mass is 35.5. The number of thiocarbonyl (C=S) groups is 1. The Balaban J connectivity index is 1.61. The highest BCUT2D eigenvalue weighted by Gasteiger charge is 2.33. The van der Waals surface area contributed by atoms with Gasteiger partial charge in [0.05, 0.1) is 15.6 Å². The van der Waals surface area contributed by atoms with E-state index in [0.29, 0.717) is 26.3 Å². The van der Waals surface area contributed by atoms with Gasteiger partial charge in [0.25, 0.3) is 5.91 Å². The first kappa shape index (κ1) is 18.9. The fourth-order valence-corrected chi connectivity index (χ4v) is 4.28. The first-order valence-corrected chi connectivity index (χ1v) is 9.92. The number of hydrogen-bond acceptors (Lipinski definition) is 4. The molecule has 1 aliphatic heterocycles. The molecule has 0 unspecified atom stereocenters. The van der Waals surface area contributed by atoms with Gasteiger partial charge in [-0.05, 0) is 55.0 Å². The molecule has 140 valence electrons. The summed E-state index contributed by atoms with van der Waals surface area (Å²) in [5.74, 6) is 0.350. The molecule has 2 heterocycles. The average Bonchev–Trinajstić information content (AvgIpc) is 3.22. The van der Waals surface area contributed by atoms with Crippen LogP contribution >= 0.6 is 35.6 Å². The van der Waals surface area contributed by atoms with E-state index in [4.69, 9.17) is 28.2 Å². The average molecular weight is 430 g/mol. The molecular formula is C21H13ClFNO2S2. The van der Waals surface area contributed by atoms with Gasteiger partial charge in [-0.3, -0.25) is 9.69 Å². The zero-order valence-electron chi connectivity index (χ0n) is 14.6. The number of benzene rings is 2. The summed E-state index contributed by atoms with van der Waals surface area (Å²) in [5, 5.41) is 0.0227. The molecule has 3 aromatic rings. The summed E-state index contributed by atoms with van der Waals surface area (Å²) in [4.78, 5) is 14.8. The van der Waals surface area contributed by atoms with Crippen LogP contribution in [0.25, 0.3) is 17.4 Å². The molecule has 0 aliphatic carbocycles. The van der Waals surface area contributed by atoms with E-state index in [1.165, 1.54) is 28.8 Å². The molecule has 0 N–H and O–H groups in total. The molecule has 1 amide bonds. The molecule has 0 bridgehead atoms. The lowest BCUT2D eigenvalue weighted by Crippen LogP contribution is -2.27. The van der Waals surface area contributed by atoms with Crippen molar-refractivity contribution in [3.63, 3.8) is 0 Å². The number of aryl methyl sites for hydroxylation is 1. The van der Waals surface area contributed by atoms with Gasteiger partial charge in [0.15, 0.2) is 4.32 Å². The van der Waals surface area contributed by atoms with Crippen LogP contribution in [0.3, 0.4) is 0 Å². The molecule has 1 aliphatic rings. The second-order valence-electron chi connectivity index (χ2n) is 6.19. The fraction of sp³-hybridized carbons (Fsp3) is 0.0476. The largest absolute Gasteiger partial charge is 0.457 e. The Kier molecular flexibility index (Phi) is 5.10. The number of carbonyl (C=O) groups is 1. The quantitative estimate of drug-likeness (QED) is 0.353. The molecule has 28 heavy (non-hydrogen) atoms. The third-order valence-electron chi connectivity index (χ3n) is 4.16. The molecular weight excluding hydrogens is 417 g/mol. The Morgan fingerprint density at radius 3 is 2.75 bits per heavy atom. The number of furan rings is 1. The number of hydrogen-bond donors (Lipinski definition) is 0. The van der Waals surface area contributed by atoms with Crippen molar-refractivity contribution in [1.82, 2.24) is 0 Å². The second-order valence-corrected chi connectivity index (χ2v) is 8.27. The normalized spacial score (nSPS) is 15.7. The Labute approximate surface area is 175 Å². The van der Waals surface area contributed by atoms with E-state index in [2.05, 4.69) is 0 Å². The number of anilines is 1. The lowest BCUT2D eigenvalue weighted by molar-refractivity contribution is -0.113. The number of thioether (sulfide) groups is 1. The Morgan fingerprint density at radius 1 is 1.18 bits per heavy atom. The number of halogens is 2. The molecule has 0 saturated carbocycles. The van der Waals surface area contributed by atoms with Crippen LogP contribution in [0.1, 0.15) is 11.3 Å². The summed E-state index contributed by atoms with van der Waals surface area (Å²) >= 11 is 12.4. The number of rotatable bonds is 3. The molecule has 7 heteroatoms. The summed E-state index contributed by atoms with van der Waals surface area (Å²) in [7, 11) is 0. The van der Waals surface area contributed by atoms with Gasteiger partial charge < -0.3 is 4.42 Å². The number of carbonyl (C=O) groups excluding carboxylic acids is 1. The zero-order valence-corrected chi connectivity index (χ0v) is 17.0. The van der Waals surface area contributed by atoms with Crippen LogP contribution in [0.4, 0.5) is 10.1 Å². The highest BCUT2D eigenvalue weighted by molar-refractivity contribution is 8.27. The van der Waals surface area contributed by atoms with Crippen LogP contribution < -0.4 is 4.90 Å². The molecule has 4 rings (SSSR count). The molecule has 1 aromatic heterocycles. The Bertz CT molecular complexity index is 1140. The monoisotopic (exact) mass is 429 g/mol. The van der Waals surface area contributed by atoms with E-state index in [9.17, 15) is 9.18 Å². The van der Waals surface area contributed by atoms with Crippen molar-refractivity contribution in [2.75, 3.05) is 4.90 Å². The van der Waals surface area contributed by atoms with Gasteiger partial charge >= 0.3 is 0 Å². The molecule has 0 radical (unpaired) electrons. The maximum absolute atomic E-state index is 13.3. The van der Waals surface area contributed by atoms with Crippen LogP contribution in [0.5, 0.6) is 0 Å². The van der Waals surface area contributed by atoms with Crippen LogP contribution in [-0.4, -0.2) is 10.2 Å². The van der Waals surface area contributed by atoms with E-state index < -0.39 is 5.82 Å². The van der Waals surface area contributed by atoms with Crippen molar-refractivity contribution >= 4 is 57.6 Å². The summed E-state index contributed by atoms with van der Waals surface area (Å²) in [6.45, 7) is 1.96. The third kappa shape index (κ3) is 3.63. The predicted octanol–water partition coefficient (Wildman–Crippen LogP) is 6.45. The molecule has 0 atom stereocenters. The highest BCUT2D eigenvalue weighted by Crippen LogP contribution is 2.37. The molecule has 3 nitrogen and oxygen atoms in total. The van der Waals surface area contributed by atoms with Crippen molar-refractivity contribution in [2.45, 2.75) is 6.92 Å². The first-order valence-electron chi connectivity index (χ1n) is 8.32. The van der Waals surface area contributed by atoms with Gasteiger partial charge in [0, 0.05) is 11.6 Å². The van der Waals surface area contributed by atoms with Gasteiger partial charge in [-0.25, -0.2) is 4.39 Å². The van der Waals surface area contributed by atoms with Gasteiger partial charge in [0.1, 0.15) is 17.3 Å². The Morgan fingerprint density at radius 2 is 2.00 bits per heavy atom. The van der Waals surface area contributed by atoms with Crippen molar-refractivity contribution in [1.29, 1.82) is 0 Å². The summed E-state index contributed by atoms with van der Waals surface area (Å²) in [6, 6.07) is 15.5. The third-order valence-corrected chi connectivity index (χ3v) is 5.75. The van der Waals surface area contributed by atoms with Crippen molar-refractivity contribution < 1.29 is 13.6 Å². The fourth-order valence-electron chi connectivity index (χ4n) is 2.82. The minimum atomic E-state index is -0.489. The van der Waals surface area contributed by atoms with E-state index >= 15 is 0 Å². The van der Waals surface area contributed by atoms with Crippen molar-refractivity contribution in [3.05, 3.63) is 81.7 Å². The minimum Gasteiger partial charge on any atom is -0.457 e. The summed E-state index contributed by atoms with van der Waals surface area (Å²) in [6.07, 6.45) is 1.66. The first-order chi connectivity index (χ1) is 13.4. The van der Waals surface area contributed by atoms with E-state index in [0.717, 1.165) is 11.3 Å². The van der Waals surface area contributed by atoms with E-state index in [1.807, 2.05) is 31.2 Å². The van der Waals surface area contributed by atoms with Gasteiger partial charge in [-0.2, -0.15) is 0 Å². The van der Waals surface area contributed by atoms with Crippen molar-refractivity contribution in [2.24, 2.45) is 0 Å². The summed E-state index contributed by atoms with van der Waals surface area (Å²) in [5.41, 5.74) is 2.44. The van der Waals surface area contributed by atoms with Crippen LogP contribution in [0, 0.1) is 12.7 Å². The smallest absolute Gasteiger partial charge is 0.270 e. The van der Waals surface area contributed by atoms with Crippen LogP contribution in [0.2, 0.25) is 5.02 Å². The van der Waals surface area contributed by atoms with Crippen molar-refractivity contribution in [3.8, 4) is 11.3 Å². The molecule has 0 spiro atoms. The van der Waals surface area contributed by atoms with Crippen LogP contribution in [0.15, 0.2) is 63.9 Å². The molecule has 1 fully saturated rings. The lowest BCUT2D eigenvalue weighted by Gasteiger charge is -2.14. The minimum absolute atomic E-state index is 0.0227. The number of amides is 1. The maximum atomic E-state index is 13.3. The standard InChI is InChI=1S/C21H13ClFNO2S2/c1-12-3-2-4-14(9-12)24-20(25)19(28-21(24)27)11-15-6-8-18(26-15)13-5-7-17(23)16(22)10-13/h2-11H,1H3/b19-11+. The molecule has 1 saturated heterocycles. The van der Waals surface area contributed by atoms with Gasteiger partial charge in [0.2, 0.25) is 0 Å². The van der Waals surface area contributed by atoms with E-state index in [1.54, 1.807) is 24.3 Å².